The second-order valence-electron chi connectivity index (χ2n) is 12.1. The van der Waals surface area contributed by atoms with Gasteiger partial charge in [0.2, 0.25) is 0 Å². The van der Waals surface area contributed by atoms with Crippen LogP contribution in [0.3, 0.4) is 0 Å². The number of carbonyl (C=O) groups excluding carboxylic acids is 1. The summed E-state index contributed by atoms with van der Waals surface area (Å²) in [5, 5.41) is 15.6. The van der Waals surface area contributed by atoms with Gasteiger partial charge in [-0.25, -0.2) is 0 Å². The summed E-state index contributed by atoms with van der Waals surface area (Å²) in [5.74, 6) is 8.88. The summed E-state index contributed by atoms with van der Waals surface area (Å²) in [7, 11) is 1.00. The highest BCUT2D eigenvalue weighted by Gasteiger charge is 2.37. The number of rotatable bonds is 18. The van der Waals surface area contributed by atoms with Gasteiger partial charge in [0.1, 0.15) is 6.79 Å². The first-order valence-corrected chi connectivity index (χ1v) is 20.6. The zero-order chi connectivity index (χ0) is 40.4. The van der Waals surface area contributed by atoms with Crippen molar-refractivity contribution in [3.05, 3.63) is 78.9 Å². The van der Waals surface area contributed by atoms with Crippen LogP contribution in [-0.2, 0) is 4.79 Å². The van der Waals surface area contributed by atoms with Gasteiger partial charge >= 0.3 is 0 Å². The Morgan fingerprint density at radius 2 is 1.71 bits per heavy atom. The number of thioether (sulfide) groups is 1. The van der Waals surface area contributed by atoms with Gasteiger partial charge in [-0.05, 0) is 108 Å². The Kier molecular flexibility index (Phi) is 48.3. The Labute approximate surface area is 332 Å². The van der Waals surface area contributed by atoms with Crippen molar-refractivity contribution in [2.24, 2.45) is 17.8 Å². The molecular formula is C46H77ClN2O2S. The molecule has 0 aromatic heterocycles. The van der Waals surface area contributed by atoms with Crippen LogP contribution in [0.25, 0.3) is 0 Å². The van der Waals surface area contributed by atoms with E-state index < -0.39 is 0 Å². The molecular weight excluding hydrogens is 680 g/mol. The van der Waals surface area contributed by atoms with Gasteiger partial charge in [-0.1, -0.05) is 107 Å². The van der Waals surface area contributed by atoms with Gasteiger partial charge in [0.25, 0.3) is 0 Å². The fraction of sp³-hybridized carbons (Fsp3) is 0.587. The van der Waals surface area contributed by atoms with Crippen molar-refractivity contribution in [2.45, 2.75) is 136 Å². The molecule has 0 heterocycles. The van der Waals surface area contributed by atoms with Crippen molar-refractivity contribution in [2.75, 3.05) is 26.0 Å². The van der Waals surface area contributed by atoms with Gasteiger partial charge in [-0.15, -0.1) is 49.6 Å². The first-order valence-electron chi connectivity index (χ1n) is 19.3. The number of aliphatic hydroxyl groups is 1. The molecule has 3 atom stereocenters. The molecule has 2 aliphatic carbocycles. The summed E-state index contributed by atoms with van der Waals surface area (Å²) in [6, 6.07) is 9.28. The van der Waals surface area contributed by atoms with Crippen LogP contribution < -0.4 is 10.6 Å². The molecule has 2 aliphatic rings. The van der Waals surface area contributed by atoms with Gasteiger partial charge in [-0.3, -0.25) is 0 Å². The van der Waals surface area contributed by atoms with Gasteiger partial charge < -0.3 is 20.5 Å². The fourth-order valence-electron chi connectivity index (χ4n) is 5.91. The summed E-state index contributed by atoms with van der Waals surface area (Å²) in [6.07, 6.45) is 33.9. The van der Waals surface area contributed by atoms with Crippen LogP contribution in [0.4, 0.5) is 0 Å². The van der Waals surface area contributed by atoms with Crippen LogP contribution in [0.15, 0.2) is 78.8 Å². The second kappa shape index (κ2) is 44.7. The fourth-order valence-corrected chi connectivity index (χ4v) is 7.07. The van der Waals surface area contributed by atoms with E-state index in [0.717, 1.165) is 61.6 Å². The minimum absolute atomic E-state index is 0.493. The predicted octanol–water partition coefficient (Wildman–Crippen LogP) is 12.1. The third-order valence-electron chi connectivity index (χ3n) is 8.47. The predicted molar refractivity (Wildman–Crippen MR) is 237 cm³/mol. The topological polar surface area (TPSA) is 61.4 Å². The van der Waals surface area contributed by atoms with E-state index in [1.165, 1.54) is 74.7 Å². The number of nitrogens with one attached hydrogen (secondary N) is 2. The number of benzene rings is 1. The van der Waals surface area contributed by atoms with E-state index in [1.54, 1.807) is 13.0 Å². The number of hydrogen-bond acceptors (Lipinski definition) is 5. The third-order valence-corrected chi connectivity index (χ3v) is 9.78. The molecule has 0 saturated heterocycles. The average molecular weight is 758 g/mol. The quantitative estimate of drug-likeness (QED) is 0.0458. The van der Waals surface area contributed by atoms with Crippen molar-refractivity contribution in [1.82, 2.24) is 10.6 Å². The summed E-state index contributed by atoms with van der Waals surface area (Å²) >= 11 is 7.97. The van der Waals surface area contributed by atoms with E-state index >= 15 is 0 Å². The first kappa shape index (κ1) is 56.2. The van der Waals surface area contributed by atoms with Gasteiger partial charge in [0.05, 0.1) is 0 Å². The van der Waals surface area contributed by atoms with Crippen molar-refractivity contribution < 1.29 is 9.90 Å². The monoisotopic (exact) mass is 757 g/mol. The number of allylic oxidation sites excluding steroid dienone is 5. The van der Waals surface area contributed by atoms with E-state index in [9.17, 15) is 0 Å². The summed E-state index contributed by atoms with van der Waals surface area (Å²) in [6.45, 7) is 25.9. The number of hydrogen-bond donors (Lipinski definition) is 3. The Morgan fingerprint density at radius 1 is 1.10 bits per heavy atom. The molecule has 3 N–H and O–H groups in total. The molecule has 0 amide bonds. The molecule has 2 fully saturated rings. The SMILES string of the molecule is C#CC.C#CCCC(C1CC1)[C@H](CC1CCCCC1)NCC(C)NCCCSc1cccc(Cl)c1.C=C.C=C/C=C\C(=C/C)CC.C=O.CC.CO. The molecule has 0 aliphatic heterocycles. The molecule has 296 valence electrons. The molecule has 0 bridgehead atoms. The van der Waals surface area contributed by atoms with E-state index in [0.29, 0.717) is 12.1 Å². The molecule has 3 rings (SSSR count). The summed E-state index contributed by atoms with van der Waals surface area (Å²) in [4.78, 5) is 9.26. The molecule has 2 unspecified atom stereocenters. The Morgan fingerprint density at radius 3 is 2.21 bits per heavy atom. The smallest absolute Gasteiger partial charge is 0.106 e. The molecule has 1 aromatic rings. The maximum atomic E-state index is 8.00. The lowest BCUT2D eigenvalue weighted by Crippen LogP contribution is -2.45. The molecule has 2 saturated carbocycles. The van der Waals surface area contributed by atoms with Gasteiger partial charge in [0, 0.05) is 42.1 Å². The molecule has 4 nitrogen and oxygen atoms in total. The van der Waals surface area contributed by atoms with E-state index in [2.05, 4.69) is 86.8 Å². The third kappa shape index (κ3) is 33.3. The van der Waals surface area contributed by atoms with E-state index in [4.69, 9.17) is 27.9 Å². The molecule has 0 spiro atoms. The second-order valence-corrected chi connectivity index (χ2v) is 13.7. The molecule has 0 radical (unpaired) electrons. The van der Waals surface area contributed by atoms with Crippen LogP contribution in [0.5, 0.6) is 0 Å². The Hall–Kier alpha value is -2.51. The Bertz CT molecular complexity index is 1060. The largest absolute Gasteiger partial charge is 0.400 e. The van der Waals surface area contributed by atoms with Crippen molar-refractivity contribution in [3.8, 4) is 24.7 Å². The van der Waals surface area contributed by atoms with E-state index in [1.807, 2.05) is 57.5 Å². The van der Waals surface area contributed by atoms with Crippen LogP contribution in [-0.4, -0.2) is 49.9 Å². The van der Waals surface area contributed by atoms with Crippen LogP contribution >= 0.6 is 23.4 Å². The zero-order valence-corrected chi connectivity index (χ0v) is 35.8. The standard InChI is InChI=1S/C28H43ClN2S.C9H14.C3H4.C2H6.C2H4.CH4O.CH2O/c1-3-4-14-27(24-15-16-24)28(19-23-10-6-5-7-11-23)31-21-22(2)30-17-9-18-32-26-13-8-12-25(29)20-26;1-4-7-8-9(5-2)6-3;1-3-2;4*1-2/h1,8,12-13,20,22-24,27-28,30-31H,4-7,9-11,14-19,21H2,2H3;4-5,7-8H,1,6H2,2-3H3;1H,2H3;1-2H3;1-2H2;2H,1H3;1H2/b;8-7-,9-5-;;;;;/t22?,27?,28-;;;;;;/m0....../s1. The lowest BCUT2D eigenvalue weighted by molar-refractivity contribution is -0.0980. The zero-order valence-electron chi connectivity index (χ0n) is 34.2. The van der Waals surface area contributed by atoms with E-state index in [-0.39, 0.29) is 0 Å². The number of terminal acetylenes is 2. The highest BCUT2D eigenvalue weighted by Crippen LogP contribution is 2.43. The number of halogens is 1. The minimum Gasteiger partial charge on any atom is -0.400 e. The van der Waals surface area contributed by atoms with Gasteiger partial charge in [0.15, 0.2) is 0 Å². The summed E-state index contributed by atoms with van der Waals surface area (Å²) in [5.41, 5.74) is 1.36. The van der Waals surface area contributed by atoms with Crippen LogP contribution in [0, 0.1) is 42.4 Å². The Balaban J connectivity index is -0.000000482. The normalized spacial score (nSPS) is 14.9. The van der Waals surface area contributed by atoms with Crippen molar-refractivity contribution in [1.29, 1.82) is 0 Å². The molecule has 1 aromatic carbocycles. The van der Waals surface area contributed by atoms with Crippen molar-refractivity contribution >= 4 is 30.2 Å². The highest BCUT2D eigenvalue weighted by atomic mass is 35.5. The lowest BCUT2D eigenvalue weighted by atomic mass is 9.79. The maximum Gasteiger partial charge on any atom is 0.106 e. The number of aliphatic hydroxyl groups excluding tert-OH is 1. The maximum absolute atomic E-state index is 8.00. The van der Waals surface area contributed by atoms with Crippen LogP contribution in [0.1, 0.15) is 119 Å². The minimum atomic E-state index is 0.493. The average Bonchev–Trinajstić information content (AvgIpc) is 4.04. The van der Waals surface area contributed by atoms with Gasteiger partial charge in [-0.2, -0.15) is 0 Å². The summed E-state index contributed by atoms with van der Waals surface area (Å²) < 4.78 is 0. The highest BCUT2D eigenvalue weighted by molar-refractivity contribution is 7.99. The first-order chi connectivity index (χ1) is 25.4. The number of carbonyl (C=O) groups is 1. The molecule has 6 heteroatoms. The lowest BCUT2D eigenvalue weighted by Gasteiger charge is -2.34. The van der Waals surface area contributed by atoms with Crippen molar-refractivity contribution in [3.63, 3.8) is 0 Å². The van der Waals surface area contributed by atoms with Crippen LogP contribution in [0.2, 0.25) is 5.02 Å². The molecule has 52 heavy (non-hydrogen) atoms.